The Labute approximate surface area is 194 Å². The van der Waals surface area contributed by atoms with Crippen molar-refractivity contribution in [1.29, 1.82) is 0 Å². The van der Waals surface area contributed by atoms with E-state index in [-0.39, 0.29) is 23.6 Å². The van der Waals surface area contributed by atoms with Crippen LogP contribution in [0.15, 0.2) is 47.6 Å². The molecule has 2 aromatic carbocycles. The number of hydrogen-bond donors (Lipinski definition) is 1. The van der Waals surface area contributed by atoms with Gasteiger partial charge in [0.15, 0.2) is 11.0 Å². The van der Waals surface area contributed by atoms with Crippen LogP contribution in [0.5, 0.6) is 5.75 Å². The number of halogens is 2. The summed E-state index contributed by atoms with van der Waals surface area (Å²) < 4.78 is 26.2. The van der Waals surface area contributed by atoms with Gasteiger partial charge in [-0.15, -0.1) is 10.2 Å². The number of carbonyl (C=O) groups excluding carboxylic acids is 1. The van der Waals surface area contributed by atoms with Gasteiger partial charge in [0, 0.05) is 17.9 Å². The summed E-state index contributed by atoms with van der Waals surface area (Å²) in [6, 6.07) is 11.2. The molecule has 0 aliphatic carbocycles. The van der Waals surface area contributed by atoms with E-state index in [1.807, 2.05) is 4.57 Å². The van der Waals surface area contributed by atoms with E-state index in [0.717, 1.165) is 25.0 Å². The molecule has 10 heteroatoms. The molecular formula is C22H22ClFN4O3S. The lowest BCUT2D eigenvalue weighted by Crippen LogP contribution is -2.18. The van der Waals surface area contributed by atoms with Crippen molar-refractivity contribution < 1.29 is 18.7 Å². The van der Waals surface area contributed by atoms with Crippen LogP contribution in [0.25, 0.3) is 11.4 Å². The first kappa shape index (κ1) is 22.6. The van der Waals surface area contributed by atoms with Gasteiger partial charge in [0.05, 0.1) is 30.5 Å². The van der Waals surface area contributed by atoms with Crippen LogP contribution in [0.4, 0.5) is 10.1 Å². The molecule has 1 aromatic heterocycles. The minimum atomic E-state index is -0.316. The van der Waals surface area contributed by atoms with Crippen molar-refractivity contribution in [2.45, 2.75) is 30.6 Å². The highest BCUT2D eigenvalue weighted by atomic mass is 35.5. The third-order valence-corrected chi connectivity index (χ3v) is 6.26. The first-order chi connectivity index (χ1) is 15.5. The topological polar surface area (TPSA) is 78.3 Å². The normalized spacial score (nSPS) is 15.7. The number of rotatable bonds is 8. The summed E-state index contributed by atoms with van der Waals surface area (Å²) in [7, 11) is 1.53. The van der Waals surface area contributed by atoms with Gasteiger partial charge in [0.2, 0.25) is 5.91 Å². The molecule has 168 valence electrons. The van der Waals surface area contributed by atoms with Gasteiger partial charge in [-0.05, 0) is 55.3 Å². The molecule has 2 heterocycles. The van der Waals surface area contributed by atoms with Gasteiger partial charge in [0.1, 0.15) is 11.6 Å². The standard InChI is InChI=1S/C22H22ClFN4O3S/c1-30-19-9-8-16(11-18(19)23)25-20(29)13-32-22-27-26-21(14-4-6-15(24)7-5-14)28(22)12-17-3-2-10-31-17/h4-9,11,17H,2-3,10,12-13H2,1H3,(H,25,29). The van der Waals surface area contributed by atoms with Gasteiger partial charge in [-0.3, -0.25) is 9.36 Å². The molecule has 1 aliphatic rings. The van der Waals surface area contributed by atoms with E-state index >= 15 is 0 Å². The van der Waals surface area contributed by atoms with E-state index in [4.69, 9.17) is 21.1 Å². The summed E-state index contributed by atoms with van der Waals surface area (Å²) in [5.74, 6) is 0.770. The molecule has 1 saturated heterocycles. The van der Waals surface area contributed by atoms with Gasteiger partial charge < -0.3 is 14.8 Å². The average Bonchev–Trinajstić information content (AvgIpc) is 3.44. The zero-order chi connectivity index (χ0) is 22.5. The fourth-order valence-electron chi connectivity index (χ4n) is 3.44. The summed E-state index contributed by atoms with van der Waals surface area (Å²) in [5, 5.41) is 12.4. The quantitative estimate of drug-likeness (QED) is 0.476. The smallest absolute Gasteiger partial charge is 0.234 e. The maximum atomic E-state index is 13.4. The van der Waals surface area contributed by atoms with Gasteiger partial charge in [0.25, 0.3) is 0 Å². The highest BCUT2D eigenvalue weighted by molar-refractivity contribution is 7.99. The Balaban J connectivity index is 1.48. The molecule has 1 aliphatic heterocycles. The van der Waals surface area contributed by atoms with Crippen LogP contribution in [0, 0.1) is 5.82 Å². The number of benzene rings is 2. The number of amides is 1. The molecule has 0 saturated carbocycles. The highest BCUT2D eigenvalue weighted by Gasteiger charge is 2.22. The van der Waals surface area contributed by atoms with Gasteiger partial charge in [-0.2, -0.15) is 0 Å². The van der Waals surface area contributed by atoms with Crippen LogP contribution >= 0.6 is 23.4 Å². The van der Waals surface area contributed by atoms with Crippen LogP contribution in [0.2, 0.25) is 5.02 Å². The second kappa shape index (κ2) is 10.3. The molecule has 32 heavy (non-hydrogen) atoms. The van der Waals surface area contributed by atoms with Crippen LogP contribution in [0.1, 0.15) is 12.8 Å². The van der Waals surface area contributed by atoms with Gasteiger partial charge >= 0.3 is 0 Å². The maximum absolute atomic E-state index is 13.4. The number of nitrogens with zero attached hydrogens (tertiary/aromatic N) is 3. The molecule has 1 N–H and O–H groups in total. The molecule has 4 rings (SSSR count). The summed E-state index contributed by atoms with van der Waals surface area (Å²) in [6.45, 7) is 1.30. The lowest BCUT2D eigenvalue weighted by molar-refractivity contribution is -0.113. The second-order valence-electron chi connectivity index (χ2n) is 7.24. The Morgan fingerprint density at radius 2 is 2.12 bits per heavy atom. The molecule has 7 nitrogen and oxygen atoms in total. The number of aromatic nitrogens is 3. The molecule has 3 aromatic rings. The molecule has 1 atom stereocenters. The number of nitrogens with one attached hydrogen (secondary N) is 1. The molecule has 1 amide bonds. The first-order valence-corrected chi connectivity index (χ1v) is 11.5. The number of ether oxygens (including phenoxy) is 2. The zero-order valence-electron chi connectivity index (χ0n) is 17.4. The predicted molar refractivity (Wildman–Crippen MR) is 122 cm³/mol. The molecule has 1 unspecified atom stereocenters. The van der Waals surface area contributed by atoms with Gasteiger partial charge in [-0.1, -0.05) is 23.4 Å². The zero-order valence-corrected chi connectivity index (χ0v) is 19.0. The van der Waals surface area contributed by atoms with Crippen molar-refractivity contribution in [3.8, 4) is 17.1 Å². The Kier molecular flexibility index (Phi) is 7.29. The molecule has 1 fully saturated rings. The lowest BCUT2D eigenvalue weighted by Gasteiger charge is -2.15. The molecule has 0 bridgehead atoms. The molecule has 0 spiro atoms. The van der Waals surface area contributed by atoms with E-state index < -0.39 is 0 Å². The largest absolute Gasteiger partial charge is 0.495 e. The fourth-order valence-corrected chi connectivity index (χ4v) is 4.44. The number of hydrogen-bond acceptors (Lipinski definition) is 6. The van der Waals surface area contributed by atoms with E-state index in [1.54, 1.807) is 30.3 Å². The molecular weight excluding hydrogens is 455 g/mol. The molecule has 0 radical (unpaired) electrons. The van der Waals surface area contributed by atoms with Crippen molar-refractivity contribution in [3.05, 3.63) is 53.3 Å². The van der Waals surface area contributed by atoms with Crippen molar-refractivity contribution in [1.82, 2.24) is 14.8 Å². The minimum Gasteiger partial charge on any atom is -0.495 e. The van der Waals surface area contributed by atoms with Crippen molar-refractivity contribution in [3.63, 3.8) is 0 Å². The number of methoxy groups -OCH3 is 1. The first-order valence-electron chi connectivity index (χ1n) is 10.1. The Hall–Kier alpha value is -2.62. The fraction of sp³-hybridized carbons (Fsp3) is 0.318. The second-order valence-corrected chi connectivity index (χ2v) is 8.59. The third-order valence-electron chi connectivity index (χ3n) is 5.00. The monoisotopic (exact) mass is 476 g/mol. The van der Waals surface area contributed by atoms with Crippen molar-refractivity contribution >= 4 is 35.0 Å². The SMILES string of the molecule is COc1ccc(NC(=O)CSc2nnc(-c3ccc(F)cc3)n2CC2CCCO2)cc1Cl. The highest BCUT2D eigenvalue weighted by Crippen LogP contribution is 2.29. The van der Waals surface area contributed by atoms with Crippen molar-refractivity contribution in [2.24, 2.45) is 0 Å². The predicted octanol–water partition coefficient (Wildman–Crippen LogP) is 4.66. The summed E-state index contributed by atoms with van der Waals surface area (Å²) in [4.78, 5) is 12.5. The van der Waals surface area contributed by atoms with Crippen LogP contribution in [0.3, 0.4) is 0 Å². The Morgan fingerprint density at radius 3 is 2.81 bits per heavy atom. The van der Waals surface area contributed by atoms with Crippen LogP contribution in [-0.4, -0.2) is 46.2 Å². The number of thioether (sulfide) groups is 1. The van der Waals surface area contributed by atoms with E-state index in [2.05, 4.69) is 15.5 Å². The average molecular weight is 477 g/mol. The van der Waals surface area contributed by atoms with Crippen LogP contribution in [-0.2, 0) is 16.1 Å². The lowest BCUT2D eigenvalue weighted by atomic mass is 10.2. The van der Waals surface area contributed by atoms with Crippen molar-refractivity contribution in [2.75, 3.05) is 24.8 Å². The van der Waals surface area contributed by atoms with E-state index in [0.29, 0.717) is 34.0 Å². The Morgan fingerprint density at radius 1 is 1.31 bits per heavy atom. The minimum absolute atomic E-state index is 0.0554. The third kappa shape index (κ3) is 5.40. The summed E-state index contributed by atoms with van der Waals surface area (Å²) >= 11 is 7.40. The number of anilines is 1. The summed E-state index contributed by atoms with van der Waals surface area (Å²) in [6.07, 6.45) is 2.01. The maximum Gasteiger partial charge on any atom is 0.234 e. The number of carbonyl (C=O) groups is 1. The summed E-state index contributed by atoms with van der Waals surface area (Å²) in [5.41, 5.74) is 1.33. The Bertz CT molecular complexity index is 1090. The van der Waals surface area contributed by atoms with Gasteiger partial charge in [-0.25, -0.2) is 4.39 Å². The van der Waals surface area contributed by atoms with E-state index in [9.17, 15) is 9.18 Å². The van der Waals surface area contributed by atoms with E-state index in [1.165, 1.54) is 31.0 Å². The van der Waals surface area contributed by atoms with Crippen LogP contribution < -0.4 is 10.1 Å².